The van der Waals surface area contributed by atoms with Crippen LogP contribution in [0.2, 0.25) is 0 Å². The lowest BCUT2D eigenvalue weighted by molar-refractivity contribution is -0.107. The molecule has 1 unspecified atom stereocenters. The normalized spacial score (nSPS) is 22.0. The van der Waals surface area contributed by atoms with Crippen LogP contribution in [0.25, 0.3) is 0 Å². The second-order valence-electron chi connectivity index (χ2n) is 10.1. The van der Waals surface area contributed by atoms with Crippen molar-refractivity contribution in [3.05, 3.63) is 83.4 Å². The molecule has 9 nitrogen and oxygen atoms in total. The van der Waals surface area contributed by atoms with Crippen LogP contribution in [-0.2, 0) is 20.6 Å². The fourth-order valence-corrected chi connectivity index (χ4v) is 6.75. The van der Waals surface area contributed by atoms with Crippen LogP contribution >= 0.6 is 0 Å². The average Bonchev–Trinajstić information content (AvgIpc) is 3.71. The molecule has 0 N–H and O–H groups in total. The van der Waals surface area contributed by atoms with Gasteiger partial charge in [-0.1, -0.05) is 60.7 Å². The van der Waals surface area contributed by atoms with Gasteiger partial charge in [0.15, 0.2) is 29.7 Å². The topological polar surface area (TPSA) is 113 Å². The van der Waals surface area contributed by atoms with E-state index in [1.165, 1.54) is 4.68 Å². The minimum absolute atomic E-state index is 0.0128. The Morgan fingerprint density at radius 1 is 0.733 bits per heavy atom. The molecule has 2 aliphatic rings. The molecule has 2 aromatic carbocycles. The van der Waals surface area contributed by atoms with E-state index >= 15 is 0 Å². The van der Waals surface area contributed by atoms with E-state index in [0.29, 0.717) is 5.56 Å². The number of aromatic nitrogens is 6. The van der Waals surface area contributed by atoms with Crippen LogP contribution in [0.15, 0.2) is 71.0 Å². The fourth-order valence-electron chi connectivity index (χ4n) is 4.94. The zero-order valence-corrected chi connectivity index (χ0v) is 24.3. The molecule has 0 fully saturated rings. The number of benzene rings is 2. The standard InChI is InChI=1S/C13H11F4N3O2S.C13H11F4N3OS/c14-9-6-10(8-4-2-1-3-5-8)20-11(9)18-12(19-20)23(21,22)7-13(15,16)17;14-9-6-10(8-4-2-1-3-5-8)20-11(9)18-12(19-20)22(21)7-13(15,16)17/h1-5,9-10H,6-7H2;1-5,9-10H,6-7H2/t9-,10-;9-,10-,22?/m00/s1. The monoisotopic (exact) mass is 682 g/mol. The van der Waals surface area contributed by atoms with Crippen molar-refractivity contribution in [2.45, 2.75) is 59.9 Å². The van der Waals surface area contributed by atoms with Crippen LogP contribution < -0.4 is 0 Å². The maximum Gasteiger partial charge on any atom is 0.403 e. The number of hydrogen-bond donors (Lipinski definition) is 0. The number of alkyl halides is 8. The van der Waals surface area contributed by atoms with Gasteiger partial charge in [0.05, 0.1) is 12.1 Å². The Kier molecular flexibility index (Phi) is 8.87. The van der Waals surface area contributed by atoms with Gasteiger partial charge in [0, 0.05) is 12.8 Å². The molecular weight excluding hydrogens is 660 g/mol. The number of sulfone groups is 1. The Hall–Kier alpha value is -3.74. The van der Waals surface area contributed by atoms with Crippen molar-refractivity contribution < 1.29 is 47.8 Å². The first-order chi connectivity index (χ1) is 21.0. The summed E-state index contributed by atoms with van der Waals surface area (Å²) in [5.74, 6) is -3.95. The number of halogens is 8. The summed E-state index contributed by atoms with van der Waals surface area (Å²) >= 11 is 0. The molecule has 0 aliphatic carbocycles. The van der Waals surface area contributed by atoms with Gasteiger partial charge < -0.3 is 0 Å². The molecule has 4 aromatic rings. The maximum absolute atomic E-state index is 14.1. The summed E-state index contributed by atoms with van der Waals surface area (Å²) < 4.78 is 139. The minimum atomic E-state index is -4.91. The zero-order valence-electron chi connectivity index (χ0n) is 22.7. The lowest BCUT2D eigenvalue weighted by Crippen LogP contribution is -2.24. The molecule has 4 heterocycles. The first kappa shape index (κ1) is 32.6. The van der Waals surface area contributed by atoms with Crippen molar-refractivity contribution >= 4 is 20.6 Å². The highest BCUT2D eigenvalue weighted by Gasteiger charge is 2.42. The number of nitrogens with zero attached hydrogens (tertiary/aromatic N) is 6. The smallest absolute Gasteiger partial charge is 0.251 e. The van der Waals surface area contributed by atoms with Gasteiger partial charge in [-0.2, -0.15) is 31.3 Å². The highest BCUT2D eigenvalue weighted by atomic mass is 32.2. The minimum Gasteiger partial charge on any atom is -0.251 e. The van der Waals surface area contributed by atoms with Crippen molar-refractivity contribution in [2.24, 2.45) is 0 Å². The molecule has 2 aromatic heterocycles. The summed E-state index contributed by atoms with van der Waals surface area (Å²) in [7, 11) is -7.19. The molecule has 0 bridgehead atoms. The van der Waals surface area contributed by atoms with Crippen LogP contribution in [0.5, 0.6) is 0 Å². The van der Waals surface area contributed by atoms with Crippen molar-refractivity contribution in [1.82, 2.24) is 29.5 Å². The maximum atomic E-state index is 14.1. The van der Waals surface area contributed by atoms with Gasteiger partial charge in [0.1, 0.15) is 16.6 Å². The van der Waals surface area contributed by atoms with Crippen molar-refractivity contribution in [2.75, 3.05) is 11.5 Å². The molecule has 5 atom stereocenters. The van der Waals surface area contributed by atoms with Crippen molar-refractivity contribution in [1.29, 1.82) is 0 Å². The van der Waals surface area contributed by atoms with E-state index in [-0.39, 0.29) is 24.5 Å². The Balaban J connectivity index is 0.000000178. The summed E-state index contributed by atoms with van der Waals surface area (Å²) in [4.78, 5) is 7.20. The lowest BCUT2D eigenvalue weighted by Gasteiger charge is -2.11. The van der Waals surface area contributed by atoms with Crippen LogP contribution in [0.3, 0.4) is 0 Å². The third kappa shape index (κ3) is 7.40. The summed E-state index contributed by atoms with van der Waals surface area (Å²) in [5, 5.41) is 6.01. The largest absolute Gasteiger partial charge is 0.403 e. The van der Waals surface area contributed by atoms with E-state index in [2.05, 4.69) is 20.2 Å². The van der Waals surface area contributed by atoms with Crippen LogP contribution in [0.4, 0.5) is 35.1 Å². The zero-order chi connectivity index (χ0) is 32.7. The summed E-state index contributed by atoms with van der Waals surface area (Å²) in [6, 6.07) is 16.5. The molecule has 45 heavy (non-hydrogen) atoms. The highest BCUT2D eigenvalue weighted by Crippen LogP contribution is 2.41. The van der Waals surface area contributed by atoms with Gasteiger partial charge in [-0.3, -0.25) is 4.21 Å². The van der Waals surface area contributed by atoms with Gasteiger partial charge in [-0.25, -0.2) is 31.5 Å². The van der Waals surface area contributed by atoms with Crippen molar-refractivity contribution in [3.63, 3.8) is 0 Å². The Morgan fingerprint density at radius 3 is 1.67 bits per heavy atom. The Labute approximate surface area is 252 Å². The molecule has 2 aliphatic heterocycles. The second kappa shape index (κ2) is 12.2. The molecule has 0 amide bonds. The number of rotatable bonds is 6. The predicted octanol–water partition coefficient (Wildman–Crippen LogP) is 5.57. The van der Waals surface area contributed by atoms with Crippen LogP contribution in [-0.4, -0.2) is 66.0 Å². The van der Waals surface area contributed by atoms with Gasteiger partial charge in [0.25, 0.3) is 5.16 Å². The molecule has 0 radical (unpaired) electrons. The molecule has 0 spiro atoms. The lowest BCUT2D eigenvalue weighted by atomic mass is 10.0. The van der Waals surface area contributed by atoms with E-state index in [4.69, 9.17) is 0 Å². The Morgan fingerprint density at radius 2 is 1.20 bits per heavy atom. The van der Waals surface area contributed by atoms with Gasteiger partial charge >= 0.3 is 12.4 Å². The number of hydrogen-bond acceptors (Lipinski definition) is 7. The van der Waals surface area contributed by atoms with E-state index < -0.39 is 79.2 Å². The van der Waals surface area contributed by atoms with Gasteiger partial charge in [-0.15, -0.1) is 10.2 Å². The average molecular weight is 683 g/mol. The molecule has 6 rings (SSSR count). The first-order valence-corrected chi connectivity index (χ1v) is 16.0. The molecule has 0 saturated carbocycles. The number of fused-ring (bicyclic) bond motifs is 2. The Bertz CT molecular complexity index is 1780. The van der Waals surface area contributed by atoms with Crippen LogP contribution in [0.1, 0.15) is 60.0 Å². The van der Waals surface area contributed by atoms with Gasteiger partial charge in [0.2, 0.25) is 15.0 Å². The molecular formula is C26H22F8N6O3S2. The predicted molar refractivity (Wildman–Crippen MR) is 142 cm³/mol. The van der Waals surface area contributed by atoms with E-state index in [1.54, 1.807) is 60.7 Å². The molecule has 242 valence electrons. The van der Waals surface area contributed by atoms with Crippen molar-refractivity contribution in [3.8, 4) is 0 Å². The summed E-state index contributed by atoms with van der Waals surface area (Å²) in [5.41, 5.74) is 1.46. The van der Waals surface area contributed by atoms with Crippen LogP contribution in [0, 0.1) is 0 Å². The third-order valence-corrected chi connectivity index (χ3v) is 9.39. The summed E-state index contributed by atoms with van der Waals surface area (Å²) in [6.07, 6.45) is -12.4. The van der Waals surface area contributed by atoms with E-state index in [9.17, 15) is 47.8 Å². The first-order valence-electron chi connectivity index (χ1n) is 13.1. The fraction of sp³-hybridized carbons (Fsp3) is 0.385. The van der Waals surface area contributed by atoms with E-state index in [1.807, 2.05) is 0 Å². The second-order valence-corrected chi connectivity index (χ2v) is 13.4. The quantitative estimate of drug-likeness (QED) is 0.245. The van der Waals surface area contributed by atoms with Gasteiger partial charge in [-0.05, 0) is 11.1 Å². The third-order valence-electron chi connectivity index (χ3n) is 6.79. The highest BCUT2D eigenvalue weighted by molar-refractivity contribution is 7.91. The SMILES string of the molecule is O=S(=O)(CC(F)(F)F)c1nc2n(n1)[C@H](c1ccccc1)C[C@@H]2F.O=S(CC(F)(F)F)c1nc2n(n1)[C@H](c1ccccc1)C[C@@H]2F. The molecule has 19 heteroatoms. The van der Waals surface area contributed by atoms with E-state index in [0.717, 1.165) is 10.2 Å². The summed E-state index contributed by atoms with van der Waals surface area (Å²) in [6.45, 7) is 0. The molecule has 0 saturated heterocycles.